The number of rotatable bonds is 5. The van der Waals surface area contributed by atoms with Crippen molar-refractivity contribution in [3.8, 4) is 5.75 Å². The molecule has 0 saturated heterocycles. The second kappa shape index (κ2) is 7.65. The Morgan fingerprint density at radius 2 is 1.97 bits per heavy atom. The van der Waals surface area contributed by atoms with Crippen LogP contribution in [0, 0.1) is 0 Å². The van der Waals surface area contributed by atoms with Crippen LogP contribution >= 0.6 is 0 Å². The highest BCUT2D eigenvalue weighted by Gasteiger charge is 2.38. The predicted molar refractivity (Wildman–Crippen MR) is 104 cm³/mol. The van der Waals surface area contributed by atoms with Gasteiger partial charge in [0.1, 0.15) is 24.3 Å². The van der Waals surface area contributed by atoms with Gasteiger partial charge in [-0.25, -0.2) is 4.98 Å². The molecule has 152 valence electrons. The van der Waals surface area contributed by atoms with Crippen molar-refractivity contribution in [3.05, 3.63) is 64.0 Å². The summed E-state index contributed by atoms with van der Waals surface area (Å²) in [5.41, 5.74) is 3.66. The van der Waals surface area contributed by atoms with E-state index in [4.69, 9.17) is 4.74 Å². The van der Waals surface area contributed by atoms with Crippen molar-refractivity contribution < 1.29 is 22.7 Å². The Morgan fingerprint density at radius 1 is 1.17 bits per heavy atom. The van der Waals surface area contributed by atoms with Gasteiger partial charge in [0.05, 0.1) is 5.69 Å². The molecule has 1 aromatic carbocycles. The van der Waals surface area contributed by atoms with Crippen LogP contribution in [0.3, 0.4) is 0 Å². The molecule has 1 saturated carbocycles. The highest BCUT2D eigenvalue weighted by molar-refractivity contribution is 5.89. The number of halogens is 3. The summed E-state index contributed by atoms with van der Waals surface area (Å²) in [4.78, 5) is 15.0. The number of ether oxygens (including phenoxy) is 1. The molecule has 2 aromatic rings. The zero-order valence-corrected chi connectivity index (χ0v) is 16.2. The van der Waals surface area contributed by atoms with Gasteiger partial charge in [-0.1, -0.05) is 18.6 Å². The van der Waals surface area contributed by atoms with Crippen LogP contribution in [-0.4, -0.2) is 11.3 Å². The van der Waals surface area contributed by atoms with Crippen molar-refractivity contribution in [2.45, 2.75) is 57.7 Å². The van der Waals surface area contributed by atoms with Crippen LogP contribution in [0.1, 0.15) is 66.6 Å². The molecule has 0 bridgehead atoms. The lowest BCUT2D eigenvalue weighted by molar-refractivity contribution is -0.142. The van der Waals surface area contributed by atoms with E-state index in [0.29, 0.717) is 17.7 Å². The molecular weight excluding hydrogens is 379 g/mol. The number of nitrogens with zero attached hydrogens (tertiary/aromatic N) is 1. The number of carbonyl (C=O) groups excluding carboxylic acids is 1. The molecule has 0 N–H and O–H groups in total. The normalized spacial score (nSPS) is 17.0. The Bertz CT molecular complexity index is 975. The molecule has 0 atom stereocenters. The van der Waals surface area contributed by atoms with E-state index in [1.54, 1.807) is 18.2 Å². The first-order chi connectivity index (χ1) is 13.9. The van der Waals surface area contributed by atoms with E-state index in [9.17, 15) is 18.0 Å². The molecule has 0 amide bonds. The molecule has 1 fully saturated rings. The van der Waals surface area contributed by atoms with Gasteiger partial charge in [0.2, 0.25) is 0 Å². The van der Waals surface area contributed by atoms with E-state index in [0.717, 1.165) is 54.2 Å². The number of hydrogen-bond donors (Lipinski definition) is 0. The van der Waals surface area contributed by atoms with Crippen molar-refractivity contribution in [2.75, 3.05) is 0 Å². The number of aryl methyl sites for hydroxylation is 1. The summed E-state index contributed by atoms with van der Waals surface area (Å²) in [6.07, 6.45) is 0.404. The number of alkyl halides is 3. The maximum absolute atomic E-state index is 13.5. The van der Waals surface area contributed by atoms with Crippen LogP contribution in [0.25, 0.3) is 5.57 Å². The first kappa shape index (κ1) is 19.7. The minimum atomic E-state index is -4.47. The van der Waals surface area contributed by atoms with Crippen LogP contribution in [0.4, 0.5) is 13.2 Å². The Morgan fingerprint density at radius 3 is 2.62 bits per heavy atom. The SMILES string of the molecule is CC1=C(C=O)CCc2cc(OCc3ccc(C4CCC4)c(C(F)(F)F)n3)ccc21. The van der Waals surface area contributed by atoms with E-state index in [-0.39, 0.29) is 18.2 Å². The van der Waals surface area contributed by atoms with Gasteiger partial charge in [-0.05, 0) is 84.6 Å². The monoisotopic (exact) mass is 401 g/mol. The predicted octanol–water partition coefficient (Wildman–Crippen LogP) is 5.87. The van der Waals surface area contributed by atoms with Crippen LogP contribution in [0.15, 0.2) is 35.9 Å². The van der Waals surface area contributed by atoms with E-state index in [1.165, 1.54) is 0 Å². The second-order valence-corrected chi connectivity index (χ2v) is 7.74. The molecule has 3 nitrogen and oxygen atoms in total. The Balaban J connectivity index is 1.52. The molecule has 0 unspecified atom stereocenters. The number of carbonyl (C=O) groups is 1. The van der Waals surface area contributed by atoms with Gasteiger partial charge in [0.15, 0.2) is 0 Å². The van der Waals surface area contributed by atoms with E-state index >= 15 is 0 Å². The lowest BCUT2D eigenvalue weighted by Gasteiger charge is -2.28. The zero-order chi connectivity index (χ0) is 20.6. The van der Waals surface area contributed by atoms with Crippen LogP contribution in [-0.2, 0) is 24.0 Å². The standard InChI is InChI=1S/C23H22F3NO2/c1-14-17(12-28)6-5-16-11-19(8-10-20(14)16)29-13-18-7-9-21(15-3-2-4-15)22(27-18)23(24,25)26/h7-12,15H,2-6,13H2,1H3. The summed E-state index contributed by atoms with van der Waals surface area (Å²) < 4.78 is 46.1. The van der Waals surface area contributed by atoms with E-state index < -0.39 is 11.9 Å². The Kier molecular flexibility index (Phi) is 5.19. The van der Waals surface area contributed by atoms with Crippen molar-refractivity contribution in [3.63, 3.8) is 0 Å². The summed E-state index contributed by atoms with van der Waals surface area (Å²) in [5.74, 6) is 0.548. The van der Waals surface area contributed by atoms with Crippen molar-refractivity contribution in [1.82, 2.24) is 4.98 Å². The smallest absolute Gasteiger partial charge is 0.433 e. The molecule has 4 rings (SSSR count). The maximum atomic E-state index is 13.5. The zero-order valence-electron chi connectivity index (χ0n) is 16.2. The summed E-state index contributed by atoms with van der Waals surface area (Å²) in [5, 5.41) is 0. The molecule has 29 heavy (non-hydrogen) atoms. The number of fused-ring (bicyclic) bond motifs is 1. The van der Waals surface area contributed by atoms with Gasteiger partial charge in [-0.3, -0.25) is 4.79 Å². The fourth-order valence-electron chi connectivity index (χ4n) is 4.03. The number of allylic oxidation sites excluding steroid dienone is 2. The lowest BCUT2D eigenvalue weighted by atomic mass is 9.79. The number of aromatic nitrogens is 1. The van der Waals surface area contributed by atoms with Gasteiger partial charge < -0.3 is 4.74 Å². The first-order valence-corrected chi connectivity index (χ1v) is 9.85. The van der Waals surface area contributed by atoms with Gasteiger partial charge in [-0.2, -0.15) is 13.2 Å². The number of aldehydes is 1. The lowest BCUT2D eigenvalue weighted by Crippen LogP contribution is -2.19. The van der Waals surface area contributed by atoms with Gasteiger partial charge in [-0.15, -0.1) is 0 Å². The third kappa shape index (κ3) is 3.93. The molecule has 2 aliphatic carbocycles. The molecule has 1 aromatic heterocycles. The molecule has 2 aliphatic rings. The molecular formula is C23H22F3NO2. The third-order valence-corrected chi connectivity index (χ3v) is 5.95. The average Bonchev–Trinajstić information content (AvgIpc) is 2.65. The van der Waals surface area contributed by atoms with Crippen molar-refractivity contribution in [1.29, 1.82) is 0 Å². The second-order valence-electron chi connectivity index (χ2n) is 7.74. The van der Waals surface area contributed by atoms with Crippen LogP contribution in [0.2, 0.25) is 0 Å². The first-order valence-electron chi connectivity index (χ1n) is 9.85. The molecule has 1 heterocycles. The molecule has 0 spiro atoms. The number of pyridine rings is 1. The summed E-state index contributed by atoms with van der Waals surface area (Å²) in [6.45, 7) is 1.90. The van der Waals surface area contributed by atoms with Gasteiger partial charge in [0.25, 0.3) is 0 Å². The summed E-state index contributed by atoms with van der Waals surface area (Å²) in [7, 11) is 0. The van der Waals surface area contributed by atoms with E-state index in [2.05, 4.69) is 4.98 Å². The number of benzene rings is 1. The Labute approximate surface area is 167 Å². The van der Waals surface area contributed by atoms with Crippen LogP contribution in [0.5, 0.6) is 5.75 Å². The number of hydrogen-bond acceptors (Lipinski definition) is 3. The van der Waals surface area contributed by atoms with Gasteiger partial charge >= 0.3 is 6.18 Å². The average molecular weight is 401 g/mol. The van der Waals surface area contributed by atoms with Gasteiger partial charge in [0, 0.05) is 0 Å². The Hall–Kier alpha value is -2.63. The molecule has 0 radical (unpaired) electrons. The molecule has 0 aliphatic heterocycles. The molecule has 6 heteroatoms. The van der Waals surface area contributed by atoms with Crippen molar-refractivity contribution in [2.24, 2.45) is 0 Å². The topological polar surface area (TPSA) is 39.2 Å². The minimum Gasteiger partial charge on any atom is -0.487 e. The van der Waals surface area contributed by atoms with Crippen LogP contribution < -0.4 is 4.74 Å². The van der Waals surface area contributed by atoms with Crippen molar-refractivity contribution >= 4 is 11.9 Å². The fourth-order valence-corrected chi connectivity index (χ4v) is 4.03. The fraction of sp³-hybridized carbons (Fsp3) is 0.391. The highest BCUT2D eigenvalue weighted by Crippen LogP contribution is 2.42. The maximum Gasteiger partial charge on any atom is 0.433 e. The largest absolute Gasteiger partial charge is 0.487 e. The summed E-state index contributed by atoms with van der Waals surface area (Å²) in [6, 6.07) is 8.76. The third-order valence-electron chi connectivity index (χ3n) is 5.95. The quantitative estimate of drug-likeness (QED) is 0.589. The van der Waals surface area contributed by atoms with E-state index in [1.807, 2.05) is 19.1 Å². The minimum absolute atomic E-state index is 0.0266. The highest BCUT2D eigenvalue weighted by atomic mass is 19.4. The summed E-state index contributed by atoms with van der Waals surface area (Å²) >= 11 is 0.